The number of carbonyl (C=O) groups excluding carboxylic acids is 1. The number of rotatable bonds is 5. The Morgan fingerprint density at radius 2 is 2.29 bits per heavy atom. The first kappa shape index (κ1) is 12.9. The minimum atomic E-state index is -0.942. The third-order valence-electron chi connectivity index (χ3n) is 2.10. The van der Waals surface area contributed by atoms with Gasteiger partial charge in [0.2, 0.25) is 0 Å². The maximum Gasteiger partial charge on any atom is 0.317 e. The van der Waals surface area contributed by atoms with Crippen LogP contribution in [0.4, 0.5) is 4.79 Å². The van der Waals surface area contributed by atoms with Gasteiger partial charge in [0.15, 0.2) is 5.82 Å². The molecule has 1 rings (SSSR count). The number of amides is 2. The molecule has 2 amide bonds. The Labute approximate surface area is 97.2 Å². The summed E-state index contributed by atoms with van der Waals surface area (Å²) in [6, 6.07) is -0.386. The monoisotopic (exact) mass is 242 g/mol. The smallest absolute Gasteiger partial charge is 0.317 e. The lowest BCUT2D eigenvalue weighted by Gasteiger charge is -2.19. The van der Waals surface area contributed by atoms with Gasteiger partial charge in [-0.1, -0.05) is 12.1 Å². The molecule has 3 N–H and O–H groups in total. The van der Waals surface area contributed by atoms with Gasteiger partial charge in [-0.05, 0) is 0 Å². The third-order valence-corrected chi connectivity index (χ3v) is 2.10. The summed E-state index contributed by atoms with van der Waals surface area (Å²) in [5.41, 5.74) is 0. The van der Waals surface area contributed by atoms with E-state index >= 15 is 0 Å². The van der Waals surface area contributed by atoms with E-state index in [9.17, 15) is 9.59 Å². The zero-order valence-corrected chi connectivity index (χ0v) is 9.54. The van der Waals surface area contributed by atoms with Crippen LogP contribution in [0.25, 0.3) is 0 Å². The van der Waals surface area contributed by atoms with Crippen LogP contribution in [0.1, 0.15) is 12.7 Å². The van der Waals surface area contributed by atoms with E-state index < -0.39 is 11.9 Å². The SMILES string of the molecule is CC(CN(C)C(=O)NCc1nn[nH]n1)C(=O)O. The summed E-state index contributed by atoms with van der Waals surface area (Å²) < 4.78 is 0. The molecule has 0 spiro atoms. The van der Waals surface area contributed by atoms with Crippen LogP contribution in [0.5, 0.6) is 0 Å². The predicted molar refractivity (Wildman–Crippen MR) is 55.8 cm³/mol. The molecule has 1 unspecified atom stereocenters. The van der Waals surface area contributed by atoms with Gasteiger partial charge >= 0.3 is 12.0 Å². The Bertz CT molecular complexity index is 379. The molecular formula is C8H14N6O3. The number of H-pyrrole nitrogens is 1. The Morgan fingerprint density at radius 3 is 2.82 bits per heavy atom. The number of hydrogen-bond donors (Lipinski definition) is 3. The first-order chi connectivity index (χ1) is 8.00. The average Bonchev–Trinajstić information content (AvgIpc) is 2.78. The van der Waals surface area contributed by atoms with Crippen molar-refractivity contribution in [2.75, 3.05) is 13.6 Å². The predicted octanol–water partition coefficient (Wildman–Crippen LogP) is -0.938. The van der Waals surface area contributed by atoms with Crippen molar-refractivity contribution in [1.29, 1.82) is 0 Å². The maximum atomic E-state index is 11.5. The highest BCUT2D eigenvalue weighted by molar-refractivity contribution is 5.75. The number of urea groups is 1. The van der Waals surface area contributed by atoms with Crippen molar-refractivity contribution in [3.8, 4) is 0 Å². The highest BCUT2D eigenvalue weighted by Crippen LogP contribution is 1.98. The van der Waals surface area contributed by atoms with Gasteiger partial charge in [-0.2, -0.15) is 5.21 Å². The van der Waals surface area contributed by atoms with Crippen LogP contribution in [0.15, 0.2) is 0 Å². The van der Waals surface area contributed by atoms with Crippen LogP contribution >= 0.6 is 0 Å². The van der Waals surface area contributed by atoms with E-state index in [0.717, 1.165) is 0 Å². The van der Waals surface area contributed by atoms with Crippen LogP contribution in [-0.2, 0) is 11.3 Å². The number of tetrazole rings is 1. The van der Waals surface area contributed by atoms with Crippen molar-refractivity contribution in [3.05, 3.63) is 5.82 Å². The number of carboxylic acids is 1. The van der Waals surface area contributed by atoms with Gasteiger partial charge in [-0.25, -0.2) is 4.79 Å². The quantitative estimate of drug-likeness (QED) is 0.612. The molecule has 0 aliphatic carbocycles. The lowest BCUT2D eigenvalue weighted by atomic mass is 10.2. The molecule has 0 saturated heterocycles. The molecule has 0 aromatic carbocycles. The largest absolute Gasteiger partial charge is 0.481 e. The Hall–Kier alpha value is -2.19. The highest BCUT2D eigenvalue weighted by atomic mass is 16.4. The fraction of sp³-hybridized carbons (Fsp3) is 0.625. The van der Waals surface area contributed by atoms with E-state index in [4.69, 9.17) is 5.11 Å². The summed E-state index contributed by atoms with van der Waals surface area (Å²) >= 11 is 0. The third kappa shape index (κ3) is 4.05. The standard InChI is InChI=1S/C8H14N6O3/c1-5(7(15)16)4-14(2)8(17)9-3-6-10-12-13-11-6/h5H,3-4H2,1-2H3,(H,9,17)(H,15,16)(H,10,11,12,13). The van der Waals surface area contributed by atoms with Gasteiger partial charge in [0.25, 0.3) is 0 Å². The van der Waals surface area contributed by atoms with Crippen molar-refractivity contribution >= 4 is 12.0 Å². The number of aromatic amines is 1. The fourth-order valence-corrected chi connectivity index (χ4v) is 1.12. The molecule has 0 bridgehead atoms. The number of nitrogens with one attached hydrogen (secondary N) is 2. The van der Waals surface area contributed by atoms with E-state index in [1.165, 1.54) is 18.9 Å². The number of nitrogens with zero attached hydrogens (tertiary/aromatic N) is 4. The van der Waals surface area contributed by atoms with Gasteiger partial charge in [-0.15, -0.1) is 10.2 Å². The van der Waals surface area contributed by atoms with Crippen molar-refractivity contribution < 1.29 is 14.7 Å². The molecule has 1 aromatic heterocycles. The van der Waals surface area contributed by atoms with Crippen LogP contribution in [0, 0.1) is 5.92 Å². The molecule has 1 atom stereocenters. The van der Waals surface area contributed by atoms with E-state index in [1.807, 2.05) is 0 Å². The zero-order chi connectivity index (χ0) is 12.8. The summed E-state index contributed by atoms with van der Waals surface area (Å²) in [5.74, 6) is -1.20. The van der Waals surface area contributed by atoms with Crippen molar-refractivity contribution in [2.24, 2.45) is 5.92 Å². The van der Waals surface area contributed by atoms with Gasteiger partial charge in [0.1, 0.15) is 0 Å². The number of aromatic nitrogens is 4. The molecule has 0 saturated carbocycles. The number of carbonyl (C=O) groups is 2. The molecule has 0 aliphatic rings. The van der Waals surface area contributed by atoms with Crippen LogP contribution in [-0.4, -0.2) is 56.2 Å². The molecular weight excluding hydrogens is 228 g/mol. The Balaban J connectivity index is 2.34. The summed E-state index contributed by atoms with van der Waals surface area (Å²) in [4.78, 5) is 23.4. The summed E-state index contributed by atoms with van der Waals surface area (Å²) in [5, 5.41) is 24.2. The molecule has 17 heavy (non-hydrogen) atoms. The molecule has 94 valence electrons. The van der Waals surface area contributed by atoms with Crippen molar-refractivity contribution in [3.63, 3.8) is 0 Å². The average molecular weight is 242 g/mol. The van der Waals surface area contributed by atoms with Crippen LogP contribution in [0.2, 0.25) is 0 Å². The van der Waals surface area contributed by atoms with Crippen LogP contribution in [0.3, 0.4) is 0 Å². The van der Waals surface area contributed by atoms with E-state index in [1.54, 1.807) is 0 Å². The fourth-order valence-electron chi connectivity index (χ4n) is 1.12. The summed E-state index contributed by atoms with van der Waals surface area (Å²) in [7, 11) is 1.52. The molecule has 1 aromatic rings. The lowest BCUT2D eigenvalue weighted by molar-refractivity contribution is -0.141. The molecule has 0 aliphatic heterocycles. The van der Waals surface area contributed by atoms with Crippen molar-refractivity contribution in [1.82, 2.24) is 30.8 Å². The van der Waals surface area contributed by atoms with E-state index in [-0.39, 0.29) is 19.1 Å². The molecule has 0 radical (unpaired) electrons. The second kappa shape index (κ2) is 5.77. The van der Waals surface area contributed by atoms with E-state index in [0.29, 0.717) is 5.82 Å². The first-order valence-electron chi connectivity index (χ1n) is 4.94. The number of hydrogen-bond acceptors (Lipinski definition) is 5. The Morgan fingerprint density at radius 1 is 1.59 bits per heavy atom. The van der Waals surface area contributed by atoms with Crippen LogP contribution < -0.4 is 5.32 Å². The molecule has 0 fully saturated rings. The number of carboxylic acid groups (broad SMARTS) is 1. The normalized spacial score (nSPS) is 11.9. The summed E-state index contributed by atoms with van der Waals surface area (Å²) in [6.45, 7) is 1.81. The van der Waals surface area contributed by atoms with Gasteiger partial charge in [-0.3, -0.25) is 4.79 Å². The first-order valence-corrected chi connectivity index (χ1v) is 4.94. The molecule has 1 heterocycles. The zero-order valence-electron chi connectivity index (χ0n) is 9.54. The second-order valence-electron chi connectivity index (χ2n) is 3.61. The molecule has 9 heteroatoms. The van der Waals surface area contributed by atoms with Gasteiger partial charge in [0, 0.05) is 13.6 Å². The topological polar surface area (TPSA) is 124 Å². The van der Waals surface area contributed by atoms with Crippen molar-refractivity contribution in [2.45, 2.75) is 13.5 Å². The summed E-state index contributed by atoms with van der Waals surface area (Å²) in [6.07, 6.45) is 0. The number of aliphatic carboxylic acids is 1. The van der Waals surface area contributed by atoms with Gasteiger partial charge in [0.05, 0.1) is 12.5 Å². The Kier molecular flexibility index (Phi) is 4.37. The highest BCUT2D eigenvalue weighted by Gasteiger charge is 2.17. The second-order valence-corrected chi connectivity index (χ2v) is 3.61. The van der Waals surface area contributed by atoms with E-state index in [2.05, 4.69) is 25.9 Å². The maximum absolute atomic E-state index is 11.5. The van der Waals surface area contributed by atoms with Gasteiger partial charge < -0.3 is 15.3 Å². The molecule has 9 nitrogen and oxygen atoms in total. The lowest BCUT2D eigenvalue weighted by Crippen LogP contribution is -2.40. The minimum Gasteiger partial charge on any atom is -0.481 e. The minimum absolute atomic E-state index is 0.132.